The van der Waals surface area contributed by atoms with Crippen LogP contribution in [0, 0.1) is 0 Å². The Labute approximate surface area is 96.8 Å². The lowest BCUT2D eigenvalue weighted by atomic mass is 10.2. The Morgan fingerprint density at radius 2 is 2.31 bits per heavy atom. The molecule has 1 rings (SSSR count). The highest BCUT2D eigenvalue weighted by atomic mass is 16.1. The number of anilines is 1. The van der Waals surface area contributed by atoms with Gasteiger partial charge in [0.25, 0.3) is 0 Å². The van der Waals surface area contributed by atoms with Crippen molar-refractivity contribution in [2.24, 2.45) is 0 Å². The summed E-state index contributed by atoms with van der Waals surface area (Å²) in [5.74, 6) is 0.883. The number of carbonyl (C=O) groups is 1. The van der Waals surface area contributed by atoms with Gasteiger partial charge in [-0.1, -0.05) is 6.08 Å². The zero-order chi connectivity index (χ0) is 12.1. The molecule has 0 bridgehead atoms. The second kappa shape index (κ2) is 5.45. The van der Waals surface area contributed by atoms with E-state index in [0.717, 1.165) is 12.4 Å². The van der Waals surface area contributed by atoms with Crippen molar-refractivity contribution in [2.45, 2.75) is 26.8 Å². The van der Waals surface area contributed by atoms with Gasteiger partial charge in [-0.3, -0.25) is 4.79 Å². The highest BCUT2D eigenvalue weighted by molar-refractivity contribution is 5.94. The Hall–Kier alpha value is -1.64. The van der Waals surface area contributed by atoms with Crippen LogP contribution in [0.4, 0.5) is 5.82 Å². The summed E-state index contributed by atoms with van der Waals surface area (Å²) in [4.78, 5) is 17.7. The van der Waals surface area contributed by atoms with Crippen LogP contribution in [0.5, 0.6) is 0 Å². The summed E-state index contributed by atoms with van der Waals surface area (Å²) in [6, 6.07) is 3.89. The molecule has 0 radical (unpaired) electrons. The number of hydrogen-bond acceptors (Lipinski definition) is 3. The number of Topliss-reactive ketones (excluding diaryl/α,β-unsaturated/α-hetero) is 1. The predicted molar refractivity (Wildman–Crippen MR) is 66.9 cm³/mol. The molecule has 0 fully saturated rings. The summed E-state index contributed by atoms with van der Waals surface area (Å²) in [7, 11) is 0. The molecule has 16 heavy (non-hydrogen) atoms. The predicted octanol–water partition coefficient (Wildman–Crippen LogP) is 2.69. The van der Waals surface area contributed by atoms with Crippen LogP contribution in [0.3, 0.4) is 0 Å². The first-order valence-electron chi connectivity index (χ1n) is 5.40. The monoisotopic (exact) mass is 218 g/mol. The number of ketones is 1. The Kier molecular flexibility index (Phi) is 4.23. The van der Waals surface area contributed by atoms with Crippen LogP contribution in [0.25, 0.3) is 0 Å². The number of aromatic nitrogens is 1. The van der Waals surface area contributed by atoms with Crippen molar-refractivity contribution in [1.82, 2.24) is 4.98 Å². The molecule has 0 saturated heterocycles. The minimum atomic E-state index is 0.0611. The maximum atomic E-state index is 11.3. The van der Waals surface area contributed by atoms with Crippen LogP contribution in [0.2, 0.25) is 0 Å². The fourth-order valence-electron chi connectivity index (χ4n) is 1.50. The summed E-state index contributed by atoms with van der Waals surface area (Å²) >= 11 is 0. The third-order valence-electron chi connectivity index (χ3n) is 2.40. The second-order valence-electron chi connectivity index (χ2n) is 3.99. The second-order valence-corrected chi connectivity index (χ2v) is 3.99. The van der Waals surface area contributed by atoms with Crippen molar-refractivity contribution in [3.8, 4) is 0 Å². The fraction of sp³-hybridized carbons (Fsp3) is 0.385. The van der Waals surface area contributed by atoms with Crippen molar-refractivity contribution in [1.29, 1.82) is 0 Å². The summed E-state index contributed by atoms with van der Waals surface area (Å²) in [6.07, 6.45) is 3.51. The van der Waals surface area contributed by atoms with Crippen LogP contribution >= 0.6 is 0 Å². The van der Waals surface area contributed by atoms with E-state index in [2.05, 4.69) is 30.3 Å². The average Bonchev–Trinajstić information content (AvgIpc) is 2.25. The van der Waals surface area contributed by atoms with Crippen LogP contribution in [-0.4, -0.2) is 23.4 Å². The van der Waals surface area contributed by atoms with Gasteiger partial charge in [0, 0.05) is 24.3 Å². The third-order valence-corrected chi connectivity index (χ3v) is 2.40. The van der Waals surface area contributed by atoms with Crippen molar-refractivity contribution in [3.05, 3.63) is 36.5 Å². The zero-order valence-corrected chi connectivity index (χ0v) is 10.1. The van der Waals surface area contributed by atoms with Gasteiger partial charge in [0.05, 0.1) is 0 Å². The Bertz CT molecular complexity index is 385. The van der Waals surface area contributed by atoms with Gasteiger partial charge < -0.3 is 4.90 Å². The summed E-state index contributed by atoms with van der Waals surface area (Å²) < 4.78 is 0. The SMILES string of the molecule is C=CCN(c1cc(C(C)=O)ccn1)C(C)C. The van der Waals surface area contributed by atoms with Crippen molar-refractivity contribution in [3.63, 3.8) is 0 Å². The molecule has 0 aromatic carbocycles. The summed E-state index contributed by atoms with van der Waals surface area (Å²) in [5, 5.41) is 0. The molecule has 0 aliphatic heterocycles. The first-order chi connectivity index (χ1) is 7.56. The molecule has 86 valence electrons. The maximum absolute atomic E-state index is 11.3. The normalized spacial score (nSPS) is 10.2. The van der Waals surface area contributed by atoms with Gasteiger partial charge in [-0.15, -0.1) is 6.58 Å². The first-order valence-corrected chi connectivity index (χ1v) is 5.40. The molecule has 1 aromatic rings. The van der Waals surface area contributed by atoms with E-state index in [1.807, 2.05) is 12.1 Å². The lowest BCUT2D eigenvalue weighted by Crippen LogP contribution is -2.31. The summed E-state index contributed by atoms with van der Waals surface area (Å²) in [5.41, 5.74) is 0.694. The molecular formula is C13H18N2O. The molecule has 3 nitrogen and oxygen atoms in total. The third kappa shape index (κ3) is 2.92. The zero-order valence-electron chi connectivity index (χ0n) is 10.1. The maximum Gasteiger partial charge on any atom is 0.159 e. The van der Waals surface area contributed by atoms with E-state index in [-0.39, 0.29) is 5.78 Å². The number of carbonyl (C=O) groups excluding carboxylic acids is 1. The Morgan fingerprint density at radius 3 is 2.81 bits per heavy atom. The van der Waals surface area contributed by atoms with Crippen molar-refractivity contribution >= 4 is 11.6 Å². The lowest BCUT2D eigenvalue weighted by molar-refractivity contribution is 0.101. The molecule has 0 aliphatic rings. The topological polar surface area (TPSA) is 33.2 Å². The number of hydrogen-bond donors (Lipinski definition) is 0. The molecule has 0 unspecified atom stereocenters. The minimum absolute atomic E-state index is 0.0611. The van der Waals surface area contributed by atoms with Gasteiger partial charge in [0.2, 0.25) is 0 Å². The van der Waals surface area contributed by atoms with Gasteiger partial charge in [0.15, 0.2) is 5.78 Å². The first kappa shape index (κ1) is 12.4. The van der Waals surface area contributed by atoms with E-state index >= 15 is 0 Å². The Balaban J connectivity index is 3.04. The number of rotatable bonds is 5. The fourth-order valence-corrected chi connectivity index (χ4v) is 1.50. The van der Waals surface area contributed by atoms with Gasteiger partial charge in [-0.2, -0.15) is 0 Å². The molecule has 3 heteroatoms. The molecule has 1 heterocycles. The smallest absolute Gasteiger partial charge is 0.159 e. The van der Waals surface area contributed by atoms with E-state index in [9.17, 15) is 4.79 Å². The van der Waals surface area contributed by atoms with Crippen LogP contribution in [0.1, 0.15) is 31.1 Å². The van der Waals surface area contributed by atoms with Crippen LogP contribution in [-0.2, 0) is 0 Å². The molecule has 0 saturated carbocycles. The summed E-state index contributed by atoms with van der Waals surface area (Å²) in [6.45, 7) is 10.2. The van der Waals surface area contributed by atoms with E-state index in [1.54, 1.807) is 19.2 Å². The standard InChI is InChI=1S/C13H18N2O/c1-5-8-15(10(2)3)13-9-12(11(4)16)6-7-14-13/h5-7,9-10H,1,8H2,2-4H3. The van der Waals surface area contributed by atoms with Gasteiger partial charge in [-0.25, -0.2) is 4.98 Å². The van der Waals surface area contributed by atoms with Gasteiger partial charge >= 0.3 is 0 Å². The molecule has 0 atom stereocenters. The molecule has 0 aliphatic carbocycles. The van der Waals surface area contributed by atoms with Crippen LogP contribution < -0.4 is 4.90 Å². The van der Waals surface area contributed by atoms with E-state index in [4.69, 9.17) is 0 Å². The lowest BCUT2D eigenvalue weighted by Gasteiger charge is -2.26. The molecule has 0 N–H and O–H groups in total. The van der Waals surface area contributed by atoms with E-state index < -0.39 is 0 Å². The minimum Gasteiger partial charge on any atom is -0.350 e. The van der Waals surface area contributed by atoms with E-state index in [1.165, 1.54) is 0 Å². The van der Waals surface area contributed by atoms with E-state index in [0.29, 0.717) is 11.6 Å². The van der Waals surface area contributed by atoms with Gasteiger partial charge in [-0.05, 0) is 32.9 Å². The highest BCUT2D eigenvalue weighted by Crippen LogP contribution is 2.15. The highest BCUT2D eigenvalue weighted by Gasteiger charge is 2.11. The molecular weight excluding hydrogens is 200 g/mol. The average molecular weight is 218 g/mol. The van der Waals surface area contributed by atoms with Crippen molar-refractivity contribution < 1.29 is 4.79 Å². The molecule has 1 aromatic heterocycles. The number of pyridine rings is 1. The molecule has 0 amide bonds. The van der Waals surface area contributed by atoms with Crippen molar-refractivity contribution in [2.75, 3.05) is 11.4 Å². The largest absolute Gasteiger partial charge is 0.350 e. The molecule has 0 spiro atoms. The number of nitrogens with zero attached hydrogens (tertiary/aromatic N) is 2. The van der Waals surface area contributed by atoms with Crippen LogP contribution in [0.15, 0.2) is 31.0 Å². The van der Waals surface area contributed by atoms with Gasteiger partial charge in [0.1, 0.15) is 5.82 Å². The quantitative estimate of drug-likeness (QED) is 0.562. The Morgan fingerprint density at radius 1 is 1.62 bits per heavy atom.